The SMILES string of the molecule is [2H]c1c([2H])c([2H])c(-c2nc(-c3ccc4c(c3)sc3cccc(-n5c6ccccc6c6cc7c(cc65)C(C)(C)c5ccccc5-7)c34)nc(-c3c([2H])c([2H])c([2H])c([2H])c3[2H])n2)c([2H])c1[2H]. The van der Waals surface area contributed by atoms with Crippen LogP contribution in [-0.4, -0.2) is 19.5 Å². The molecule has 10 aromatic rings. The Bertz CT molecular complexity index is 3540. The Hall–Kier alpha value is -6.43. The number of fused-ring (bicyclic) bond motifs is 9. The maximum absolute atomic E-state index is 8.71. The molecule has 53 heavy (non-hydrogen) atoms. The number of nitrogens with zero attached hydrogens (tertiary/aromatic N) is 4. The zero-order valence-electron chi connectivity index (χ0n) is 38.4. The fraction of sp³-hybridized carbons (Fsp3) is 0.0625. The molecule has 3 aromatic heterocycles. The van der Waals surface area contributed by atoms with Crippen molar-refractivity contribution in [2.24, 2.45) is 0 Å². The number of benzene rings is 7. The van der Waals surface area contributed by atoms with Crippen LogP contribution in [0.4, 0.5) is 0 Å². The van der Waals surface area contributed by atoms with Crippen molar-refractivity contribution in [1.29, 1.82) is 0 Å². The van der Waals surface area contributed by atoms with Crippen LogP contribution in [0, 0.1) is 0 Å². The van der Waals surface area contributed by atoms with Gasteiger partial charge in [0, 0.05) is 53.1 Å². The fourth-order valence-corrected chi connectivity index (χ4v) is 9.17. The van der Waals surface area contributed by atoms with Gasteiger partial charge in [-0.05, 0) is 58.7 Å². The maximum atomic E-state index is 8.71. The van der Waals surface area contributed by atoms with E-state index in [0.717, 1.165) is 47.7 Å². The van der Waals surface area contributed by atoms with Gasteiger partial charge in [-0.1, -0.05) is 135 Å². The van der Waals surface area contributed by atoms with Gasteiger partial charge in [0.05, 0.1) is 30.4 Å². The highest BCUT2D eigenvalue weighted by atomic mass is 32.1. The third kappa shape index (κ3) is 4.51. The van der Waals surface area contributed by atoms with Crippen LogP contribution in [0.5, 0.6) is 0 Å². The largest absolute Gasteiger partial charge is 0.309 e. The molecule has 0 unspecified atom stereocenters. The highest BCUT2D eigenvalue weighted by Gasteiger charge is 2.36. The summed E-state index contributed by atoms with van der Waals surface area (Å²) in [6, 6.07) is 28.1. The van der Waals surface area contributed by atoms with E-state index >= 15 is 0 Å². The Labute approximate surface area is 324 Å². The van der Waals surface area contributed by atoms with Crippen molar-refractivity contribution >= 4 is 53.3 Å². The predicted molar refractivity (Wildman–Crippen MR) is 221 cm³/mol. The Morgan fingerprint density at radius 2 is 1.21 bits per heavy atom. The Morgan fingerprint density at radius 1 is 0.528 bits per heavy atom. The number of aromatic nitrogens is 4. The van der Waals surface area contributed by atoms with E-state index in [1.807, 2.05) is 18.2 Å². The van der Waals surface area contributed by atoms with Gasteiger partial charge < -0.3 is 4.57 Å². The third-order valence-corrected chi connectivity index (χ3v) is 11.6. The summed E-state index contributed by atoms with van der Waals surface area (Å²) < 4.78 is 88.8. The van der Waals surface area contributed by atoms with E-state index in [4.69, 9.17) is 13.7 Å². The Balaban J connectivity index is 1.14. The van der Waals surface area contributed by atoms with Crippen molar-refractivity contribution in [3.05, 3.63) is 169 Å². The van der Waals surface area contributed by atoms with Gasteiger partial charge >= 0.3 is 0 Å². The average Bonchev–Trinajstić information content (AvgIpc) is 3.90. The molecule has 5 heteroatoms. The summed E-state index contributed by atoms with van der Waals surface area (Å²) in [4.78, 5) is 13.7. The minimum Gasteiger partial charge on any atom is -0.309 e. The minimum absolute atomic E-state index is 0.0214. The van der Waals surface area contributed by atoms with Crippen molar-refractivity contribution in [1.82, 2.24) is 19.5 Å². The van der Waals surface area contributed by atoms with Gasteiger partial charge in [-0.2, -0.15) is 0 Å². The number of hydrogen-bond acceptors (Lipinski definition) is 4. The highest BCUT2D eigenvalue weighted by Crippen LogP contribution is 2.51. The minimum atomic E-state index is -0.596. The second-order valence-electron chi connectivity index (χ2n) is 13.7. The number of thiophene rings is 1. The van der Waals surface area contributed by atoms with E-state index in [9.17, 15) is 0 Å². The molecule has 250 valence electrons. The average molecular weight is 707 g/mol. The van der Waals surface area contributed by atoms with E-state index in [1.165, 1.54) is 22.3 Å². The molecule has 0 amide bonds. The van der Waals surface area contributed by atoms with Crippen molar-refractivity contribution in [2.45, 2.75) is 19.3 Å². The second kappa shape index (κ2) is 11.3. The van der Waals surface area contributed by atoms with Crippen LogP contribution in [0.3, 0.4) is 0 Å². The summed E-state index contributed by atoms with van der Waals surface area (Å²) in [6.45, 7) is 4.57. The van der Waals surface area contributed by atoms with Gasteiger partial charge in [-0.15, -0.1) is 11.3 Å². The normalized spacial score (nSPS) is 15.9. The van der Waals surface area contributed by atoms with Gasteiger partial charge in [-0.25, -0.2) is 15.0 Å². The van der Waals surface area contributed by atoms with Gasteiger partial charge in [0.1, 0.15) is 0 Å². The molecule has 0 aliphatic heterocycles. The van der Waals surface area contributed by atoms with Gasteiger partial charge in [0.2, 0.25) is 0 Å². The van der Waals surface area contributed by atoms with Gasteiger partial charge in [-0.3, -0.25) is 0 Å². The lowest BCUT2D eigenvalue weighted by Gasteiger charge is -2.21. The quantitative estimate of drug-likeness (QED) is 0.183. The van der Waals surface area contributed by atoms with Crippen LogP contribution in [0.25, 0.3) is 93.0 Å². The van der Waals surface area contributed by atoms with E-state index in [2.05, 4.69) is 112 Å². The molecule has 0 N–H and O–H groups in total. The lowest BCUT2D eigenvalue weighted by Crippen LogP contribution is -2.14. The van der Waals surface area contributed by atoms with Gasteiger partial charge in [0.15, 0.2) is 17.5 Å². The van der Waals surface area contributed by atoms with Crippen molar-refractivity contribution < 1.29 is 13.7 Å². The van der Waals surface area contributed by atoms with Crippen LogP contribution in [0.2, 0.25) is 0 Å². The van der Waals surface area contributed by atoms with E-state index < -0.39 is 60.4 Å². The van der Waals surface area contributed by atoms with Crippen LogP contribution in [0.15, 0.2) is 157 Å². The first-order valence-electron chi connectivity index (χ1n) is 22.2. The molecule has 0 saturated heterocycles. The molecule has 11 rings (SSSR count). The summed E-state index contributed by atoms with van der Waals surface area (Å²) in [7, 11) is 0. The van der Waals surface area contributed by atoms with Crippen molar-refractivity contribution in [3.63, 3.8) is 0 Å². The van der Waals surface area contributed by atoms with Crippen molar-refractivity contribution in [3.8, 4) is 51.0 Å². The molecule has 0 bridgehead atoms. The van der Waals surface area contributed by atoms with Crippen LogP contribution in [-0.2, 0) is 5.41 Å². The fourth-order valence-electron chi connectivity index (χ4n) is 8.01. The first-order chi connectivity index (χ1) is 30.2. The second-order valence-corrected chi connectivity index (χ2v) is 14.8. The molecule has 0 atom stereocenters. The molecule has 0 fully saturated rings. The third-order valence-electron chi connectivity index (χ3n) is 10.4. The topological polar surface area (TPSA) is 43.6 Å². The Kier molecular flexibility index (Phi) is 4.65. The molecular formula is C48H32N4S. The smallest absolute Gasteiger partial charge is 0.164 e. The molecule has 4 nitrogen and oxygen atoms in total. The van der Waals surface area contributed by atoms with E-state index in [1.54, 1.807) is 11.3 Å². The zero-order chi connectivity index (χ0) is 44.0. The summed E-state index contributed by atoms with van der Waals surface area (Å²) in [5.74, 6) is -0.587. The maximum Gasteiger partial charge on any atom is 0.164 e. The molecule has 3 heterocycles. The van der Waals surface area contributed by atoms with Crippen molar-refractivity contribution in [2.75, 3.05) is 0 Å². The number of hydrogen-bond donors (Lipinski definition) is 0. The van der Waals surface area contributed by atoms with Gasteiger partial charge in [0.25, 0.3) is 0 Å². The van der Waals surface area contributed by atoms with Crippen LogP contribution >= 0.6 is 11.3 Å². The first-order valence-corrected chi connectivity index (χ1v) is 18.0. The van der Waals surface area contributed by atoms with E-state index in [-0.39, 0.29) is 34.0 Å². The standard InChI is InChI=1S/C48H32N4S/c1-48(2)37-20-11-9-18-32(37)35-27-36-33-19-10-12-21-39(33)52(41(36)28-38(35)48)40-22-13-23-42-44(40)34-25-24-31(26-43(34)53-42)47-50-45(29-14-5-3-6-15-29)49-46(51-47)30-16-7-4-8-17-30/h3-28H,1-2H3/i3D,4D,5D,6D,7D,8D,14D,15D,16D,17D. The summed E-state index contributed by atoms with van der Waals surface area (Å²) in [6.07, 6.45) is 0. The molecule has 1 aliphatic carbocycles. The molecular weight excluding hydrogens is 665 g/mol. The summed E-state index contributed by atoms with van der Waals surface area (Å²) in [5.41, 5.74) is 7.95. The number of rotatable bonds is 4. The zero-order valence-corrected chi connectivity index (χ0v) is 29.3. The van der Waals surface area contributed by atoms with Crippen LogP contribution in [0.1, 0.15) is 38.7 Å². The lowest BCUT2D eigenvalue weighted by molar-refractivity contribution is 0.661. The monoisotopic (exact) mass is 706 g/mol. The molecule has 0 spiro atoms. The number of para-hydroxylation sites is 1. The summed E-state index contributed by atoms with van der Waals surface area (Å²) >= 11 is 1.58. The van der Waals surface area contributed by atoms with Crippen LogP contribution < -0.4 is 0 Å². The van der Waals surface area contributed by atoms with E-state index in [0.29, 0.717) is 5.56 Å². The molecule has 0 radical (unpaired) electrons. The first kappa shape index (κ1) is 21.8. The predicted octanol–water partition coefficient (Wildman–Crippen LogP) is 12.6. The molecule has 0 saturated carbocycles. The summed E-state index contributed by atoms with van der Waals surface area (Å²) in [5, 5.41) is 4.33. The molecule has 1 aliphatic rings. The highest BCUT2D eigenvalue weighted by molar-refractivity contribution is 7.26. The molecule has 7 aromatic carbocycles. The lowest BCUT2D eigenvalue weighted by atomic mass is 9.82. The Morgan fingerprint density at radius 3 is 1.96 bits per heavy atom.